The molecule has 2 aromatic carbocycles. The maximum absolute atomic E-state index is 13.5. The third-order valence-corrected chi connectivity index (χ3v) is 10.6. The van der Waals surface area contributed by atoms with Gasteiger partial charge in [0.1, 0.15) is 24.2 Å². The minimum Gasteiger partial charge on any atom is -0.495 e. The summed E-state index contributed by atoms with van der Waals surface area (Å²) in [5.74, 6) is 1.55. The van der Waals surface area contributed by atoms with Crippen LogP contribution in [0.2, 0.25) is 0 Å². The van der Waals surface area contributed by atoms with E-state index < -0.39 is 7.14 Å². The van der Waals surface area contributed by atoms with Crippen LogP contribution in [0.5, 0.6) is 5.75 Å². The largest absolute Gasteiger partial charge is 0.495 e. The third-order valence-electron chi connectivity index (χ3n) is 8.52. The van der Waals surface area contributed by atoms with Crippen molar-refractivity contribution in [1.82, 2.24) is 39.5 Å². The van der Waals surface area contributed by atoms with Crippen LogP contribution in [0.25, 0.3) is 22.2 Å². The van der Waals surface area contributed by atoms with Crippen LogP contribution >= 0.6 is 23.1 Å². The van der Waals surface area contributed by atoms with E-state index in [0.29, 0.717) is 50.1 Å². The first-order valence-electron chi connectivity index (χ1n) is 15.4. The number of halogens is 1. The number of hydrogen-bond acceptors (Lipinski definition) is 11. The molecule has 0 atom stereocenters. The third kappa shape index (κ3) is 7.33. The van der Waals surface area contributed by atoms with Crippen LogP contribution in [0.1, 0.15) is 18.4 Å². The number of benzene rings is 2. The van der Waals surface area contributed by atoms with E-state index in [9.17, 15) is 4.57 Å². The zero-order chi connectivity index (χ0) is 33.3. The minimum atomic E-state index is -2.76. The lowest BCUT2D eigenvalue weighted by Crippen LogP contribution is -2.41. The molecule has 12 nitrogen and oxygen atoms in total. The van der Waals surface area contributed by atoms with E-state index >= 15 is 0 Å². The number of piperidine rings is 1. The predicted octanol–water partition coefficient (Wildman–Crippen LogP) is 5.85. The molecule has 0 amide bonds. The van der Waals surface area contributed by atoms with Crippen LogP contribution < -0.4 is 20.7 Å². The highest BCUT2D eigenvalue weighted by Crippen LogP contribution is 2.42. The Bertz CT molecular complexity index is 1950. The molecule has 0 unspecified atom stereocenters. The number of aromatic nitrogens is 6. The quantitative estimate of drug-likeness (QED) is 0.169. The van der Waals surface area contributed by atoms with Gasteiger partial charge in [0.2, 0.25) is 5.95 Å². The van der Waals surface area contributed by atoms with E-state index in [1.54, 1.807) is 39.0 Å². The summed E-state index contributed by atoms with van der Waals surface area (Å²) in [6, 6.07) is 8.52. The zero-order valence-electron chi connectivity index (χ0n) is 27.5. The summed E-state index contributed by atoms with van der Waals surface area (Å²) in [4.78, 5) is 23.1. The van der Waals surface area contributed by atoms with Crippen molar-refractivity contribution in [2.24, 2.45) is 7.05 Å². The maximum Gasteiger partial charge on any atom is 0.229 e. The Morgan fingerprint density at radius 3 is 2.49 bits per heavy atom. The number of ether oxygens (including phenoxy) is 1. The SMILES string of the molecule is COc1cc(CN2CCC(N(C)C)CC2)c(-c2cnn(C)c2)cc1Nc1ncc(Br)c(Nc2ccc3nccnc3c2P(C)(C)=O)n1. The molecule has 2 N–H and O–H groups in total. The number of anilines is 4. The Hall–Kier alpha value is -3.90. The Morgan fingerprint density at radius 2 is 1.81 bits per heavy atom. The van der Waals surface area contributed by atoms with Crippen molar-refractivity contribution in [3.8, 4) is 16.9 Å². The first kappa shape index (κ1) is 33.0. The lowest BCUT2D eigenvalue weighted by atomic mass is 9.98. The first-order chi connectivity index (χ1) is 22.5. The highest BCUT2D eigenvalue weighted by Gasteiger charge is 2.24. The van der Waals surface area contributed by atoms with Crippen molar-refractivity contribution < 1.29 is 9.30 Å². The molecule has 0 radical (unpaired) electrons. The number of fused-ring (bicyclic) bond motifs is 1. The number of nitrogens with zero attached hydrogens (tertiary/aromatic N) is 8. The average Bonchev–Trinajstić information content (AvgIpc) is 3.48. The summed E-state index contributed by atoms with van der Waals surface area (Å²) in [6.45, 7) is 6.34. The zero-order valence-corrected chi connectivity index (χ0v) is 30.0. The van der Waals surface area contributed by atoms with E-state index in [2.05, 4.69) is 82.6 Å². The molecule has 47 heavy (non-hydrogen) atoms. The molecule has 246 valence electrons. The molecule has 1 fully saturated rings. The van der Waals surface area contributed by atoms with Crippen LogP contribution in [0.3, 0.4) is 0 Å². The molecular formula is C33H40BrN10O2P. The molecule has 3 aromatic heterocycles. The number of likely N-dealkylation sites (tertiary alicyclic amines) is 1. The van der Waals surface area contributed by atoms with E-state index in [4.69, 9.17) is 9.72 Å². The molecule has 6 rings (SSSR count). The second-order valence-electron chi connectivity index (χ2n) is 12.5. The van der Waals surface area contributed by atoms with Crippen molar-refractivity contribution in [3.05, 3.63) is 65.3 Å². The van der Waals surface area contributed by atoms with Gasteiger partial charge in [-0.3, -0.25) is 19.5 Å². The van der Waals surface area contributed by atoms with Gasteiger partial charge in [-0.05, 0) is 105 Å². The summed E-state index contributed by atoms with van der Waals surface area (Å²) in [6.07, 6.45) is 11.1. The number of methoxy groups -OCH3 is 1. The summed E-state index contributed by atoms with van der Waals surface area (Å²) in [7, 11) is 5.16. The fourth-order valence-corrected chi connectivity index (χ4v) is 7.80. The number of aryl methyl sites for hydroxylation is 1. The van der Waals surface area contributed by atoms with Crippen molar-refractivity contribution in [1.29, 1.82) is 0 Å². The second-order valence-corrected chi connectivity index (χ2v) is 16.5. The molecule has 0 saturated carbocycles. The van der Waals surface area contributed by atoms with Gasteiger partial charge in [-0.1, -0.05) is 0 Å². The average molecular weight is 720 g/mol. The Kier molecular flexibility index (Phi) is 9.61. The number of rotatable bonds is 10. The summed E-state index contributed by atoms with van der Waals surface area (Å²) >= 11 is 3.59. The van der Waals surface area contributed by atoms with Crippen LogP contribution in [0.15, 0.2) is 59.7 Å². The molecular weight excluding hydrogens is 679 g/mol. The highest BCUT2D eigenvalue weighted by molar-refractivity contribution is 9.10. The lowest BCUT2D eigenvalue weighted by Gasteiger charge is -2.35. The molecule has 5 aromatic rings. The molecule has 4 heterocycles. The smallest absolute Gasteiger partial charge is 0.229 e. The van der Waals surface area contributed by atoms with E-state index in [1.807, 2.05) is 36.3 Å². The van der Waals surface area contributed by atoms with Crippen molar-refractivity contribution >= 4 is 62.6 Å². The van der Waals surface area contributed by atoms with Crippen LogP contribution in [-0.4, -0.2) is 93.2 Å². The second kappa shape index (κ2) is 13.7. The summed E-state index contributed by atoms with van der Waals surface area (Å²) < 4.78 is 21.8. The molecule has 1 saturated heterocycles. The van der Waals surface area contributed by atoms with Gasteiger partial charge in [0.25, 0.3) is 0 Å². The molecule has 1 aliphatic heterocycles. The molecule has 14 heteroatoms. The Balaban J connectivity index is 1.32. The first-order valence-corrected chi connectivity index (χ1v) is 18.8. The van der Waals surface area contributed by atoms with E-state index in [0.717, 1.165) is 49.3 Å². The van der Waals surface area contributed by atoms with Gasteiger partial charge in [0.05, 0.1) is 40.0 Å². The highest BCUT2D eigenvalue weighted by atomic mass is 79.9. The van der Waals surface area contributed by atoms with Crippen molar-refractivity contribution in [3.63, 3.8) is 0 Å². The molecule has 0 bridgehead atoms. The van der Waals surface area contributed by atoms with Crippen molar-refractivity contribution in [2.75, 3.05) is 58.3 Å². The van der Waals surface area contributed by atoms with Gasteiger partial charge in [-0.15, -0.1) is 0 Å². The molecule has 1 aliphatic rings. The maximum atomic E-state index is 13.5. The molecule has 0 aliphatic carbocycles. The normalized spacial score (nSPS) is 14.6. The summed E-state index contributed by atoms with van der Waals surface area (Å²) in [5.41, 5.74) is 5.90. The number of hydrogen-bond donors (Lipinski definition) is 2. The fraction of sp³-hybridized carbons (Fsp3) is 0.364. The van der Waals surface area contributed by atoms with E-state index in [1.165, 1.54) is 5.56 Å². The number of nitrogens with one attached hydrogen (secondary N) is 2. The Labute approximate surface area is 283 Å². The monoisotopic (exact) mass is 718 g/mol. The van der Waals surface area contributed by atoms with Crippen LogP contribution in [0.4, 0.5) is 23.1 Å². The van der Waals surface area contributed by atoms with Gasteiger partial charge in [-0.2, -0.15) is 10.1 Å². The topological polar surface area (TPSA) is 126 Å². The van der Waals surface area contributed by atoms with Crippen molar-refractivity contribution in [2.45, 2.75) is 25.4 Å². The van der Waals surface area contributed by atoms with E-state index in [-0.39, 0.29) is 0 Å². The standard InChI is InChI=1S/C33H40BrN10O2P/c1-42(2)23-9-13-44(14-10-23)20-21-15-29(46-4)28(16-24(21)22-17-38-43(3)19-22)40-33-37-18-25(34)32(41-33)39-27-8-7-26-30(36-12-11-35-26)31(27)47(5,6)45/h7-8,11-12,15-19,23H,9-10,13-14,20H2,1-6H3,(H2,37,39,40,41). The fourth-order valence-electron chi connectivity index (χ4n) is 6.11. The summed E-state index contributed by atoms with van der Waals surface area (Å²) in [5, 5.41) is 11.8. The van der Waals surface area contributed by atoms with Gasteiger partial charge in [-0.25, -0.2) is 4.98 Å². The predicted molar refractivity (Wildman–Crippen MR) is 192 cm³/mol. The lowest BCUT2D eigenvalue weighted by molar-refractivity contribution is 0.140. The Morgan fingerprint density at radius 1 is 1.04 bits per heavy atom. The van der Waals surface area contributed by atoms with Gasteiger partial charge >= 0.3 is 0 Å². The van der Waals surface area contributed by atoms with Crippen LogP contribution in [0, 0.1) is 0 Å². The minimum absolute atomic E-state index is 0.364. The van der Waals surface area contributed by atoms with Gasteiger partial charge in [0.15, 0.2) is 0 Å². The van der Waals surface area contributed by atoms with Crippen LogP contribution in [-0.2, 0) is 18.2 Å². The molecule has 0 spiro atoms. The van der Waals surface area contributed by atoms with Gasteiger partial charge < -0.3 is 24.8 Å². The van der Waals surface area contributed by atoms with Gasteiger partial charge in [0, 0.05) is 50.0 Å².